The van der Waals surface area contributed by atoms with E-state index in [4.69, 9.17) is 17.3 Å². The number of rotatable bonds is 3. The number of hydrogen-bond acceptors (Lipinski definition) is 6. The number of amides is 1. The van der Waals surface area contributed by atoms with Crippen LogP contribution < -0.4 is 10.5 Å². The molecule has 2 rings (SSSR count). The van der Waals surface area contributed by atoms with Crippen molar-refractivity contribution in [2.45, 2.75) is 5.03 Å². The van der Waals surface area contributed by atoms with Gasteiger partial charge in [-0.15, -0.1) is 0 Å². The first kappa shape index (κ1) is 14.2. The third-order valence-corrected chi connectivity index (χ3v) is 3.69. The Morgan fingerprint density at radius 2 is 2.00 bits per heavy atom. The molecule has 0 aliphatic heterocycles. The molecule has 0 unspecified atom stereocenters. The molecule has 0 aliphatic carbocycles. The summed E-state index contributed by atoms with van der Waals surface area (Å²) in [6.07, 6.45) is 1.17. The van der Waals surface area contributed by atoms with E-state index in [1.54, 1.807) is 0 Å². The number of hydrogen-bond donors (Lipinski definition) is 2. The average molecular weight is 313 g/mol. The van der Waals surface area contributed by atoms with Gasteiger partial charge in [0.2, 0.25) is 0 Å². The maximum atomic E-state index is 11.9. The van der Waals surface area contributed by atoms with Gasteiger partial charge in [-0.2, -0.15) is 8.42 Å². The van der Waals surface area contributed by atoms with Gasteiger partial charge in [0.15, 0.2) is 5.03 Å². The Bertz CT molecular complexity index is 747. The predicted molar refractivity (Wildman–Crippen MR) is 72.5 cm³/mol. The van der Waals surface area contributed by atoms with Gasteiger partial charge in [0.25, 0.3) is 15.9 Å². The van der Waals surface area contributed by atoms with Gasteiger partial charge in [-0.3, -0.25) is 4.79 Å². The second-order valence-corrected chi connectivity index (χ2v) is 5.72. The minimum atomic E-state index is -4.09. The number of pyridine rings is 2. The van der Waals surface area contributed by atoms with Crippen LogP contribution >= 0.6 is 11.6 Å². The van der Waals surface area contributed by atoms with E-state index in [1.165, 1.54) is 36.5 Å². The molecule has 0 spiro atoms. The van der Waals surface area contributed by atoms with Gasteiger partial charge in [0.05, 0.1) is 5.56 Å². The topological polar surface area (TPSA) is 115 Å². The Kier molecular flexibility index (Phi) is 3.86. The van der Waals surface area contributed by atoms with Gasteiger partial charge in [-0.1, -0.05) is 17.7 Å². The molecule has 0 bridgehead atoms. The molecule has 0 saturated heterocycles. The van der Waals surface area contributed by atoms with Gasteiger partial charge < -0.3 is 5.73 Å². The van der Waals surface area contributed by atoms with Crippen LogP contribution in [-0.2, 0) is 10.0 Å². The number of halogens is 1. The molecule has 0 fully saturated rings. The Morgan fingerprint density at radius 1 is 1.25 bits per heavy atom. The van der Waals surface area contributed by atoms with Crippen LogP contribution in [0.15, 0.2) is 41.6 Å². The van der Waals surface area contributed by atoms with E-state index in [0.29, 0.717) is 0 Å². The molecule has 0 aromatic carbocycles. The number of nitrogen functional groups attached to an aromatic ring is 1. The normalized spacial score (nSPS) is 11.1. The fourth-order valence-corrected chi connectivity index (χ4v) is 2.39. The van der Waals surface area contributed by atoms with Crippen molar-refractivity contribution in [3.63, 3.8) is 0 Å². The van der Waals surface area contributed by atoms with Crippen LogP contribution in [0.2, 0.25) is 5.15 Å². The zero-order valence-electron chi connectivity index (χ0n) is 9.95. The van der Waals surface area contributed by atoms with E-state index in [0.717, 1.165) is 0 Å². The van der Waals surface area contributed by atoms with Gasteiger partial charge in [0.1, 0.15) is 11.0 Å². The quantitative estimate of drug-likeness (QED) is 0.811. The SMILES string of the molecule is Nc1cccc(S(=O)(=O)NC(=O)c2ccc(Cl)nc2)n1. The van der Waals surface area contributed by atoms with Crippen LogP contribution in [0.3, 0.4) is 0 Å². The van der Waals surface area contributed by atoms with Crippen LogP contribution in [0.5, 0.6) is 0 Å². The highest BCUT2D eigenvalue weighted by Gasteiger charge is 2.20. The lowest BCUT2D eigenvalue weighted by atomic mass is 10.3. The first-order valence-electron chi connectivity index (χ1n) is 5.30. The van der Waals surface area contributed by atoms with Crippen molar-refractivity contribution in [2.24, 2.45) is 0 Å². The molecule has 2 aromatic rings. The Hall–Kier alpha value is -2.19. The smallest absolute Gasteiger partial charge is 0.281 e. The second kappa shape index (κ2) is 5.43. The number of nitrogens with one attached hydrogen (secondary N) is 1. The van der Waals surface area contributed by atoms with E-state index in [-0.39, 0.29) is 21.6 Å². The standard InChI is InChI=1S/C11H9ClN4O3S/c12-8-5-4-7(6-14-8)11(17)16-20(18,19)10-3-1-2-9(13)15-10/h1-6H,(H2,13,15)(H,16,17). The molecule has 7 nitrogen and oxygen atoms in total. The van der Waals surface area contributed by atoms with Crippen molar-refractivity contribution in [3.05, 3.63) is 47.2 Å². The molecule has 0 saturated carbocycles. The number of nitrogens with two attached hydrogens (primary N) is 1. The van der Waals surface area contributed by atoms with Gasteiger partial charge in [0, 0.05) is 6.20 Å². The number of aromatic nitrogens is 2. The van der Waals surface area contributed by atoms with Crippen molar-refractivity contribution < 1.29 is 13.2 Å². The summed E-state index contributed by atoms with van der Waals surface area (Å²) in [5.41, 5.74) is 5.46. The minimum Gasteiger partial charge on any atom is -0.384 e. The fourth-order valence-electron chi connectivity index (χ4n) is 1.32. The molecule has 20 heavy (non-hydrogen) atoms. The van der Waals surface area contributed by atoms with E-state index in [2.05, 4.69) is 9.97 Å². The highest BCUT2D eigenvalue weighted by atomic mass is 35.5. The van der Waals surface area contributed by atoms with Crippen LogP contribution in [0.4, 0.5) is 5.82 Å². The van der Waals surface area contributed by atoms with Crippen LogP contribution in [0.1, 0.15) is 10.4 Å². The molecule has 2 heterocycles. The monoisotopic (exact) mass is 312 g/mol. The molecule has 0 radical (unpaired) electrons. The maximum Gasteiger partial charge on any atom is 0.281 e. The van der Waals surface area contributed by atoms with Crippen LogP contribution in [0, 0.1) is 0 Å². The summed E-state index contributed by atoms with van der Waals surface area (Å²) in [6.45, 7) is 0. The van der Waals surface area contributed by atoms with E-state index >= 15 is 0 Å². The van der Waals surface area contributed by atoms with Crippen LogP contribution in [-0.4, -0.2) is 24.3 Å². The zero-order valence-corrected chi connectivity index (χ0v) is 11.5. The zero-order chi connectivity index (χ0) is 14.8. The van der Waals surface area contributed by atoms with Gasteiger partial charge >= 0.3 is 0 Å². The lowest BCUT2D eigenvalue weighted by Gasteiger charge is -2.06. The summed E-state index contributed by atoms with van der Waals surface area (Å²) in [7, 11) is -4.09. The van der Waals surface area contributed by atoms with Gasteiger partial charge in [-0.25, -0.2) is 14.7 Å². The van der Waals surface area contributed by atoms with Crippen molar-refractivity contribution in [2.75, 3.05) is 5.73 Å². The highest BCUT2D eigenvalue weighted by molar-refractivity contribution is 7.90. The predicted octanol–water partition coefficient (Wildman–Crippen LogP) is 0.831. The van der Waals surface area contributed by atoms with Crippen molar-refractivity contribution in [3.8, 4) is 0 Å². The second-order valence-electron chi connectivity index (χ2n) is 3.70. The number of sulfonamides is 1. The number of nitrogens with zero attached hydrogens (tertiary/aromatic N) is 2. The van der Waals surface area contributed by atoms with E-state index < -0.39 is 15.9 Å². The number of carbonyl (C=O) groups excluding carboxylic acids is 1. The molecular weight excluding hydrogens is 304 g/mol. The van der Waals surface area contributed by atoms with Crippen LogP contribution in [0.25, 0.3) is 0 Å². The Balaban J connectivity index is 2.24. The van der Waals surface area contributed by atoms with E-state index in [1.807, 2.05) is 4.72 Å². The lowest BCUT2D eigenvalue weighted by molar-refractivity contribution is 0.0981. The Labute approximate surface area is 119 Å². The van der Waals surface area contributed by atoms with Crippen molar-refractivity contribution >= 4 is 33.3 Å². The third-order valence-electron chi connectivity index (χ3n) is 2.24. The summed E-state index contributed by atoms with van der Waals surface area (Å²) in [6, 6.07) is 6.82. The highest BCUT2D eigenvalue weighted by Crippen LogP contribution is 2.09. The Morgan fingerprint density at radius 3 is 2.60 bits per heavy atom. The average Bonchev–Trinajstić information content (AvgIpc) is 2.39. The summed E-state index contributed by atoms with van der Waals surface area (Å²) in [5, 5.41) is -0.144. The molecular formula is C11H9ClN4O3S. The first-order chi connectivity index (χ1) is 9.38. The minimum absolute atomic E-state index is 0.0356. The molecule has 2 aromatic heterocycles. The summed E-state index contributed by atoms with van der Waals surface area (Å²) in [5.74, 6) is -0.799. The largest absolute Gasteiger partial charge is 0.384 e. The number of carbonyl (C=O) groups is 1. The van der Waals surface area contributed by atoms with E-state index in [9.17, 15) is 13.2 Å². The maximum absolute atomic E-state index is 11.9. The first-order valence-corrected chi connectivity index (χ1v) is 7.16. The molecule has 0 atom stereocenters. The fraction of sp³-hybridized carbons (Fsp3) is 0. The van der Waals surface area contributed by atoms with Crippen molar-refractivity contribution in [1.29, 1.82) is 0 Å². The number of anilines is 1. The summed E-state index contributed by atoms with van der Waals surface area (Å²) >= 11 is 5.58. The van der Waals surface area contributed by atoms with Gasteiger partial charge in [-0.05, 0) is 24.3 Å². The molecule has 104 valence electrons. The molecule has 1 amide bonds. The summed E-state index contributed by atoms with van der Waals surface area (Å²) in [4.78, 5) is 19.1. The molecule has 9 heteroatoms. The summed E-state index contributed by atoms with van der Waals surface area (Å²) < 4.78 is 25.7. The molecule has 0 aliphatic rings. The lowest BCUT2D eigenvalue weighted by Crippen LogP contribution is -2.31. The third kappa shape index (κ3) is 3.22. The molecule has 3 N–H and O–H groups in total. The van der Waals surface area contributed by atoms with Crippen molar-refractivity contribution in [1.82, 2.24) is 14.7 Å².